The smallest absolute Gasteiger partial charge is 0.0236 e. The summed E-state index contributed by atoms with van der Waals surface area (Å²) in [6, 6.07) is 9.66. The lowest BCUT2D eigenvalue weighted by molar-refractivity contribution is 0.165. The molecule has 3 rings (SSSR count). The van der Waals surface area contributed by atoms with E-state index in [0.29, 0.717) is 0 Å². The van der Waals surface area contributed by atoms with Crippen molar-refractivity contribution in [1.82, 2.24) is 10.2 Å². The molecule has 1 unspecified atom stereocenters. The van der Waals surface area contributed by atoms with Gasteiger partial charge in [0.1, 0.15) is 0 Å². The van der Waals surface area contributed by atoms with Crippen molar-refractivity contribution in [2.24, 2.45) is 5.92 Å². The summed E-state index contributed by atoms with van der Waals surface area (Å²) in [5.41, 5.74) is 2.93. The largest absolute Gasteiger partial charge is 0.314 e. The Hall–Kier alpha value is -0.860. The zero-order valence-electron chi connectivity index (χ0n) is 12.1. The molecule has 104 valence electrons. The van der Waals surface area contributed by atoms with Gasteiger partial charge >= 0.3 is 0 Å². The molecule has 2 nitrogen and oxygen atoms in total. The lowest BCUT2D eigenvalue weighted by Crippen LogP contribution is -2.39. The first-order chi connectivity index (χ1) is 9.31. The van der Waals surface area contributed by atoms with E-state index in [1.807, 2.05) is 0 Å². The zero-order chi connectivity index (χ0) is 13.1. The van der Waals surface area contributed by atoms with Gasteiger partial charge in [0, 0.05) is 19.1 Å². The topological polar surface area (TPSA) is 15.3 Å². The molecule has 1 aliphatic heterocycles. The van der Waals surface area contributed by atoms with E-state index >= 15 is 0 Å². The summed E-state index contributed by atoms with van der Waals surface area (Å²) in [6.45, 7) is 7.13. The monoisotopic (exact) mass is 258 g/mol. The Balaban J connectivity index is 1.51. The van der Waals surface area contributed by atoms with E-state index in [1.165, 1.54) is 56.4 Å². The molecule has 0 bridgehead atoms. The maximum atomic E-state index is 3.70. The summed E-state index contributed by atoms with van der Waals surface area (Å²) in [4.78, 5) is 2.64. The highest BCUT2D eigenvalue weighted by molar-refractivity contribution is 5.25. The molecule has 2 aliphatic rings. The average Bonchev–Trinajstić information content (AvgIpc) is 3.24. The zero-order valence-corrected chi connectivity index (χ0v) is 12.1. The van der Waals surface area contributed by atoms with Gasteiger partial charge in [0.2, 0.25) is 0 Å². The fraction of sp³-hybridized carbons (Fsp3) is 0.647. The molecule has 1 aromatic carbocycles. The summed E-state index contributed by atoms with van der Waals surface area (Å²) >= 11 is 0. The molecule has 2 heteroatoms. The number of hydrogen-bond acceptors (Lipinski definition) is 2. The maximum absolute atomic E-state index is 3.70. The predicted molar refractivity (Wildman–Crippen MR) is 80.2 cm³/mol. The second-order valence-corrected chi connectivity index (χ2v) is 6.35. The second-order valence-electron chi connectivity index (χ2n) is 6.35. The van der Waals surface area contributed by atoms with E-state index in [4.69, 9.17) is 0 Å². The molecule has 1 saturated heterocycles. The number of piperidine rings is 1. The molecule has 1 aromatic rings. The Kier molecular flexibility index (Phi) is 4.19. The fourth-order valence-corrected chi connectivity index (χ4v) is 3.11. The van der Waals surface area contributed by atoms with Crippen LogP contribution in [0.5, 0.6) is 0 Å². The van der Waals surface area contributed by atoms with E-state index < -0.39 is 0 Å². The minimum absolute atomic E-state index is 0.853. The van der Waals surface area contributed by atoms with Crippen LogP contribution in [-0.4, -0.2) is 30.6 Å². The summed E-state index contributed by atoms with van der Waals surface area (Å²) in [6.07, 6.45) is 5.58. The van der Waals surface area contributed by atoms with E-state index in [9.17, 15) is 0 Å². The molecule has 19 heavy (non-hydrogen) atoms. The molecule has 2 fully saturated rings. The number of aryl methyl sites for hydroxylation is 1. The van der Waals surface area contributed by atoms with Crippen molar-refractivity contribution in [2.75, 3.05) is 19.6 Å². The molecule has 0 radical (unpaired) electrons. The number of nitrogens with one attached hydrogen (secondary N) is 1. The Labute approximate surface area is 117 Å². The highest BCUT2D eigenvalue weighted by Crippen LogP contribution is 2.22. The highest BCUT2D eigenvalue weighted by atomic mass is 15.1. The summed E-state index contributed by atoms with van der Waals surface area (Å²) in [7, 11) is 0. The summed E-state index contributed by atoms with van der Waals surface area (Å²) in [5.74, 6) is 0.860. The van der Waals surface area contributed by atoms with Gasteiger partial charge in [-0.3, -0.25) is 4.90 Å². The quantitative estimate of drug-likeness (QED) is 0.873. The van der Waals surface area contributed by atoms with Crippen LogP contribution in [0.15, 0.2) is 24.3 Å². The normalized spacial score (nSPS) is 24.6. The van der Waals surface area contributed by atoms with Crippen LogP contribution in [0.1, 0.15) is 36.8 Å². The molecule has 1 atom stereocenters. The fourth-order valence-electron chi connectivity index (χ4n) is 3.11. The summed E-state index contributed by atoms with van der Waals surface area (Å²) in [5, 5.41) is 3.70. The van der Waals surface area contributed by atoms with Crippen LogP contribution in [-0.2, 0) is 6.54 Å². The van der Waals surface area contributed by atoms with Gasteiger partial charge in [-0.1, -0.05) is 24.3 Å². The van der Waals surface area contributed by atoms with Crippen molar-refractivity contribution in [3.63, 3.8) is 0 Å². The van der Waals surface area contributed by atoms with Crippen LogP contribution in [0.3, 0.4) is 0 Å². The van der Waals surface area contributed by atoms with Crippen molar-refractivity contribution in [3.05, 3.63) is 35.4 Å². The second kappa shape index (κ2) is 6.06. The highest BCUT2D eigenvalue weighted by Gasteiger charge is 2.24. The van der Waals surface area contributed by atoms with Gasteiger partial charge in [-0.25, -0.2) is 0 Å². The van der Waals surface area contributed by atoms with E-state index in [0.717, 1.165) is 18.5 Å². The average molecular weight is 258 g/mol. The molecule has 1 aliphatic carbocycles. The number of benzene rings is 1. The van der Waals surface area contributed by atoms with Crippen LogP contribution in [0.4, 0.5) is 0 Å². The Morgan fingerprint density at radius 1 is 1.21 bits per heavy atom. The third-order valence-electron chi connectivity index (χ3n) is 4.53. The molecule has 1 saturated carbocycles. The minimum atomic E-state index is 0.853. The third kappa shape index (κ3) is 3.80. The van der Waals surface area contributed by atoms with Gasteiger partial charge in [0.05, 0.1) is 0 Å². The van der Waals surface area contributed by atoms with Crippen molar-refractivity contribution in [1.29, 1.82) is 0 Å². The van der Waals surface area contributed by atoms with Crippen LogP contribution in [0.25, 0.3) is 0 Å². The number of hydrogen-bond donors (Lipinski definition) is 1. The SMILES string of the molecule is Cc1ccccc1CN1CCCC(CNC2CC2)C1. The first kappa shape index (κ1) is 13.1. The standard InChI is InChI=1S/C17H26N2/c1-14-5-2-3-7-16(14)13-19-10-4-6-15(12-19)11-18-17-8-9-17/h2-3,5,7,15,17-18H,4,6,8-13H2,1H3. The van der Waals surface area contributed by atoms with Gasteiger partial charge in [0.15, 0.2) is 0 Å². The Morgan fingerprint density at radius 2 is 2.05 bits per heavy atom. The van der Waals surface area contributed by atoms with Crippen molar-refractivity contribution >= 4 is 0 Å². The van der Waals surface area contributed by atoms with Gasteiger partial charge < -0.3 is 5.32 Å². The number of likely N-dealkylation sites (tertiary alicyclic amines) is 1. The van der Waals surface area contributed by atoms with Gasteiger partial charge in [-0.2, -0.15) is 0 Å². The molecule has 0 aromatic heterocycles. The van der Waals surface area contributed by atoms with Crippen LogP contribution in [0, 0.1) is 12.8 Å². The van der Waals surface area contributed by atoms with E-state index in [1.54, 1.807) is 0 Å². The maximum Gasteiger partial charge on any atom is 0.0236 e. The Morgan fingerprint density at radius 3 is 2.84 bits per heavy atom. The molecule has 1 heterocycles. The molecule has 0 spiro atoms. The van der Waals surface area contributed by atoms with Crippen molar-refractivity contribution < 1.29 is 0 Å². The molecular formula is C17H26N2. The first-order valence-electron chi connectivity index (χ1n) is 7.81. The van der Waals surface area contributed by atoms with E-state index in [2.05, 4.69) is 41.4 Å². The van der Waals surface area contributed by atoms with Crippen molar-refractivity contribution in [3.8, 4) is 0 Å². The van der Waals surface area contributed by atoms with Crippen LogP contribution in [0.2, 0.25) is 0 Å². The number of rotatable bonds is 5. The first-order valence-corrected chi connectivity index (χ1v) is 7.81. The molecule has 0 amide bonds. The lowest BCUT2D eigenvalue weighted by atomic mass is 9.97. The molecule has 1 N–H and O–H groups in total. The van der Waals surface area contributed by atoms with Gasteiger partial charge in [0.25, 0.3) is 0 Å². The third-order valence-corrected chi connectivity index (χ3v) is 4.53. The van der Waals surface area contributed by atoms with Crippen molar-refractivity contribution in [2.45, 2.75) is 45.2 Å². The predicted octanol–water partition coefficient (Wildman–Crippen LogP) is 2.96. The minimum Gasteiger partial charge on any atom is -0.314 e. The number of nitrogens with zero attached hydrogens (tertiary/aromatic N) is 1. The van der Waals surface area contributed by atoms with Gasteiger partial charge in [-0.15, -0.1) is 0 Å². The van der Waals surface area contributed by atoms with Gasteiger partial charge in [-0.05, 0) is 62.7 Å². The molecular weight excluding hydrogens is 232 g/mol. The Bertz CT molecular complexity index is 411. The lowest BCUT2D eigenvalue weighted by Gasteiger charge is -2.33. The summed E-state index contributed by atoms with van der Waals surface area (Å²) < 4.78 is 0. The van der Waals surface area contributed by atoms with Crippen LogP contribution < -0.4 is 5.32 Å². The van der Waals surface area contributed by atoms with E-state index in [-0.39, 0.29) is 0 Å². The van der Waals surface area contributed by atoms with Crippen LogP contribution >= 0.6 is 0 Å².